The van der Waals surface area contributed by atoms with E-state index in [0.717, 1.165) is 0 Å². The minimum atomic E-state index is 0.0289. The van der Waals surface area contributed by atoms with E-state index in [4.69, 9.17) is 4.74 Å². The average molecular weight is 196 g/mol. The number of hydrogen-bond donors (Lipinski definition) is 0. The van der Waals surface area contributed by atoms with Gasteiger partial charge in [-0.3, -0.25) is 4.79 Å². The van der Waals surface area contributed by atoms with E-state index in [0.29, 0.717) is 25.2 Å². The monoisotopic (exact) mass is 196 g/mol. The molecule has 0 bridgehead atoms. The number of thiophene rings is 1. The zero-order chi connectivity index (χ0) is 9.26. The Morgan fingerprint density at radius 1 is 1.62 bits per heavy atom. The maximum Gasteiger partial charge on any atom is 0.138 e. The van der Waals surface area contributed by atoms with Crippen molar-refractivity contribution in [3.05, 3.63) is 21.9 Å². The van der Waals surface area contributed by atoms with Gasteiger partial charge in [0.15, 0.2) is 0 Å². The first kappa shape index (κ1) is 8.91. The highest BCUT2D eigenvalue weighted by atomic mass is 32.1. The van der Waals surface area contributed by atoms with Gasteiger partial charge in [-0.2, -0.15) is 0 Å². The Labute approximate surface area is 81.5 Å². The molecule has 1 saturated heterocycles. The summed E-state index contributed by atoms with van der Waals surface area (Å²) in [6, 6.07) is 2.07. The molecule has 1 aromatic rings. The normalized spacial score (nSPS) is 23.5. The number of carbonyl (C=O) groups excluding carboxylic acids is 1. The molecule has 0 aliphatic carbocycles. The molecule has 0 spiro atoms. The molecular formula is C10H12O2S. The summed E-state index contributed by atoms with van der Waals surface area (Å²) in [6.45, 7) is 2.65. The Morgan fingerprint density at radius 3 is 3.08 bits per heavy atom. The molecule has 1 atom stereocenters. The van der Waals surface area contributed by atoms with E-state index in [1.54, 1.807) is 11.3 Å². The number of rotatable bonds is 1. The third-order valence-electron chi connectivity index (χ3n) is 2.31. The van der Waals surface area contributed by atoms with Gasteiger partial charge in [-0.25, -0.2) is 0 Å². The van der Waals surface area contributed by atoms with Gasteiger partial charge >= 0.3 is 0 Å². The Hall–Kier alpha value is -0.670. The maximum atomic E-state index is 11.2. The third kappa shape index (κ3) is 1.81. The number of aryl methyl sites for hydroxylation is 1. The van der Waals surface area contributed by atoms with Crippen molar-refractivity contribution in [2.75, 3.05) is 6.61 Å². The SMILES string of the molecule is Cc1ccsc1C1CC(=O)CCO1. The van der Waals surface area contributed by atoms with Crippen molar-refractivity contribution in [2.24, 2.45) is 0 Å². The number of ether oxygens (including phenoxy) is 1. The molecule has 70 valence electrons. The van der Waals surface area contributed by atoms with Gasteiger partial charge in [-0.1, -0.05) is 0 Å². The predicted molar refractivity (Wildman–Crippen MR) is 52.0 cm³/mol. The van der Waals surface area contributed by atoms with E-state index in [-0.39, 0.29) is 6.10 Å². The molecule has 1 aromatic heterocycles. The first-order valence-corrected chi connectivity index (χ1v) is 5.32. The molecule has 0 amide bonds. The van der Waals surface area contributed by atoms with Gasteiger partial charge in [0, 0.05) is 17.7 Å². The Balaban J connectivity index is 2.17. The summed E-state index contributed by atoms with van der Waals surface area (Å²) in [5.41, 5.74) is 1.24. The van der Waals surface area contributed by atoms with Crippen molar-refractivity contribution < 1.29 is 9.53 Å². The minimum Gasteiger partial charge on any atom is -0.372 e. The van der Waals surface area contributed by atoms with Gasteiger partial charge in [0.25, 0.3) is 0 Å². The molecule has 1 unspecified atom stereocenters. The summed E-state index contributed by atoms with van der Waals surface area (Å²) >= 11 is 1.68. The van der Waals surface area contributed by atoms with Crippen LogP contribution in [0.15, 0.2) is 11.4 Å². The van der Waals surface area contributed by atoms with E-state index in [2.05, 4.69) is 13.0 Å². The van der Waals surface area contributed by atoms with Crippen molar-refractivity contribution in [1.29, 1.82) is 0 Å². The van der Waals surface area contributed by atoms with E-state index < -0.39 is 0 Å². The first-order chi connectivity index (χ1) is 6.27. The second-order valence-corrected chi connectivity index (χ2v) is 4.27. The predicted octanol–water partition coefficient (Wildman–Crippen LogP) is 2.48. The Bertz CT molecular complexity index is 316. The fraction of sp³-hybridized carbons (Fsp3) is 0.500. The topological polar surface area (TPSA) is 26.3 Å². The number of ketones is 1. The lowest BCUT2D eigenvalue weighted by Gasteiger charge is -2.21. The second kappa shape index (κ2) is 3.60. The summed E-state index contributed by atoms with van der Waals surface area (Å²) in [4.78, 5) is 12.4. The summed E-state index contributed by atoms with van der Waals surface area (Å²) in [6.07, 6.45) is 1.17. The number of hydrogen-bond acceptors (Lipinski definition) is 3. The van der Waals surface area contributed by atoms with E-state index >= 15 is 0 Å². The van der Waals surface area contributed by atoms with Gasteiger partial charge < -0.3 is 4.74 Å². The van der Waals surface area contributed by atoms with Crippen LogP contribution in [0.3, 0.4) is 0 Å². The van der Waals surface area contributed by atoms with Crippen molar-refractivity contribution in [3.8, 4) is 0 Å². The molecule has 3 heteroatoms. The molecule has 0 aromatic carbocycles. The summed E-state index contributed by atoms with van der Waals surface area (Å²) in [5, 5.41) is 2.05. The zero-order valence-electron chi connectivity index (χ0n) is 7.58. The molecule has 2 rings (SSSR count). The zero-order valence-corrected chi connectivity index (χ0v) is 8.39. The first-order valence-electron chi connectivity index (χ1n) is 4.44. The van der Waals surface area contributed by atoms with Crippen LogP contribution < -0.4 is 0 Å². The van der Waals surface area contributed by atoms with E-state index in [1.165, 1.54) is 10.4 Å². The summed E-state index contributed by atoms with van der Waals surface area (Å²) in [7, 11) is 0. The van der Waals surface area contributed by atoms with E-state index in [9.17, 15) is 4.79 Å². The lowest BCUT2D eigenvalue weighted by atomic mass is 10.0. The molecular weight excluding hydrogens is 184 g/mol. The van der Waals surface area contributed by atoms with Gasteiger partial charge in [0.05, 0.1) is 12.7 Å². The van der Waals surface area contributed by atoms with Crippen molar-refractivity contribution in [1.82, 2.24) is 0 Å². The van der Waals surface area contributed by atoms with Crippen LogP contribution in [0.1, 0.15) is 29.4 Å². The second-order valence-electron chi connectivity index (χ2n) is 3.32. The number of carbonyl (C=O) groups is 1. The molecule has 1 aliphatic rings. The van der Waals surface area contributed by atoms with Crippen LogP contribution in [-0.2, 0) is 9.53 Å². The smallest absolute Gasteiger partial charge is 0.138 e. The molecule has 2 nitrogen and oxygen atoms in total. The molecule has 1 fully saturated rings. The molecule has 2 heterocycles. The molecule has 1 aliphatic heterocycles. The van der Waals surface area contributed by atoms with Crippen LogP contribution in [0.25, 0.3) is 0 Å². The van der Waals surface area contributed by atoms with Crippen LogP contribution in [-0.4, -0.2) is 12.4 Å². The third-order valence-corrected chi connectivity index (χ3v) is 3.42. The van der Waals surface area contributed by atoms with Crippen LogP contribution in [0.4, 0.5) is 0 Å². The fourth-order valence-corrected chi connectivity index (χ4v) is 2.54. The number of Topliss-reactive ketones (excluding diaryl/α,β-unsaturated/α-hetero) is 1. The highest BCUT2D eigenvalue weighted by Gasteiger charge is 2.23. The summed E-state index contributed by atoms with van der Waals surface area (Å²) in [5.74, 6) is 0.323. The van der Waals surface area contributed by atoms with Gasteiger partial charge in [-0.05, 0) is 23.9 Å². The highest BCUT2D eigenvalue weighted by Crippen LogP contribution is 2.31. The van der Waals surface area contributed by atoms with Gasteiger partial charge in [0.2, 0.25) is 0 Å². The molecule has 0 saturated carbocycles. The van der Waals surface area contributed by atoms with Gasteiger partial charge in [-0.15, -0.1) is 11.3 Å². The standard InChI is InChI=1S/C10H12O2S/c1-7-3-5-13-10(7)9-6-8(11)2-4-12-9/h3,5,9H,2,4,6H2,1H3. The largest absolute Gasteiger partial charge is 0.372 e. The molecule has 0 radical (unpaired) electrons. The highest BCUT2D eigenvalue weighted by molar-refractivity contribution is 7.10. The quantitative estimate of drug-likeness (QED) is 0.689. The van der Waals surface area contributed by atoms with Gasteiger partial charge in [0.1, 0.15) is 5.78 Å². The fourth-order valence-electron chi connectivity index (χ4n) is 1.57. The Morgan fingerprint density at radius 2 is 2.46 bits per heavy atom. The van der Waals surface area contributed by atoms with E-state index in [1.807, 2.05) is 5.38 Å². The minimum absolute atomic E-state index is 0.0289. The lowest BCUT2D eigenvalue weighted by molar-refractivity contribution is -0.128. The average Bonchev–Trinajstić information content (AvgIpc) is 2.51. The maximum absolute atomic E-state index is 11.2. The summed E-state index contributed by atoms with van der Waals surface area (Å²) < 4.78 is 5.56. The van der Waals surface area contributed by atoms with Crippen LogP contribution in [0.2, 0.25) is 0 Å². The van der Waals surface area contributed by atoms with Crippen LogP contribution >= 0.6 is 11.3 Å². The van der Waals surface area contributed by atoms with Crippen molar-refractivity contribution in [3.63, 3.8) is 0 Å². The Kier molecular flexibility index (Phi) is 2.47. The molecule has 0 N–H and O–H groups in total. The lowest BCUT2D eigenvalue weighted by Crippen LogP contribution is -2.19. The van der Waals surface area contributed by atoms with Crippen molar-refractivity contribution in [2.45, 2.75) is 25.9 Å². The molecule has 13 heavy (non-hydrogen) atoms. The van der Waals surface area contributed by atoms with Crippen molar-refractivity contribution >= 4 is 17.1 Å². The van der Waals surface area contributed by atoms with Crippen LogP contribution in [0.5, 0.6) is 0 Å². The van der Waals surface area contributed by atoms with Crippen LogP contribution in [0, 0.1) is 6.92 Å².